The van der Waals surface area contributed by atoms with Gasteiger partial charge in [-0.3, -0.25) is 4.79 Å². The predicted octanol–water partition coefficient (Wildman–Crippen LogP) is 0.479. The predicted molar refractivity (Wildman–Crippen MR) is 57.3 cm³/mol. The molecule has 0 saturated heterocycles. The zero-order chi connectivity index (χ0) is 11.0. The van der Waals surface area contributed by atoms with Gasteiger partial charge < -0.3 is 15.0 Å². The summed E-state index contributed by atoms with van der Waals surface area (Å²) in [6.45, 7) is 5.82. The molecule has 0 aromatic carbocycles. The Hall–Kier alpha value is -0.610. The monoisotopic (exact) mass is 202 g/mol. The van der Waals surface area contributed by atoms with Gasteiger partial charge in [0.15, 0.2) is 0 Å². The average Bonchev–Trinajstić information content (AvgIpc) is 2.21. The molecule has 0 saturated carbocycles. The van der Waals surface area contributed by atoms with Crippen molar-refractivity contribution < 1.29 is 9.53 Å². The van der Waals surface area contributed by atoms with E-state index in [4.69, 9.17) is 4.74 Å². The Bertz CT molecular complexity index is 162. The van der Waals surface area contributed by atoms with E-state index >= 15 is 0 Å². The SMILES string of the molecule is CCC(C)NCC(=O)N(C)CCOC. The van der Waals surface area contributed by atoms with Crippen molar-refractivity contribution >= 4 is 5.91 Å². The van der Waals surface area contributed by atoms with Gasteiger partial charge in [0.25, 0.3) is 0 Å². The summed E-state index contributed by atoms with van der Waals surface area (Å²) in [5.41, 5.74) is 0. The Morgan fingerprint density at radius 1 is 1.57 bits per heavy atom. The number of hydrogen-bond acceptors (Lipinski definition) is 3. The number of carbonyl (C=O) groups is 1. The van der Waals surface area contributed by atoms with E-state index in [9.17, 15) is 4.79 Å². The highest BCUT2D eigenvalue weighted by Gasteiger charge is 2.08. The second-order valence-corrected chi connectivity index (χ2v) is 3.50. The van der Waals surface area contributed by atoms with Crippen LogP contribution in [-0.4, -0.2) is 50.7 Å². The number of hydrogen-bond donors (Lipinski definition) is 1. The van der Waals surface area contributed by atoms with Gasteiger partial charge in [-0.15, -0.1) is 0 Å². The fourth-order valence-electron chi connectivity index (χ4n) is 0.894. The third-order valence-corrected chi connectivity index (χ3v) is 2.27. The smallest absolute Gasteiger partial charge is 0.236 e. The number of nitrogens with one attached hydrogen (secondary N) is 1. The Balaban J connectivity index is 3.61. The lowest BCUT2D eigenvalue weighted by atomic mass is 10.2. The van der Waals surface area contributed by atoms with Crippen LogP contribution in [0.1, 0.15) is 20.3 Å². The van der Waals surface area contributed by atoms with Gasteiger partial charge in [0, 0.05) is 26.7 Å². The van der Waals surface area contributed by atoms with Crippen molar-refractivity contribution in [2.45, 2.75) is 26.3 Å². The van der Waals surface area contributed by atoms with E-state index in [1.165, 1.54) is 0 Å². The molecule has 0 heterocycles. The minimum Gasteiger partial charge on any atom is -0.383 e. The molecule has 14 heavy (non-hydrogen) atoms. The maximum absolute atomic E-state index is 11.5. The molecule has 0 radical (unpaired) electrons. The number of ether oxygens (including phenoxy) is 1. The van der Waals surface area contributed by atoms with Crippen LogP contribution in [0.2, 0.25) is 0 Å². The fraction of sp³-hybridized carbons (Fsp3) is 0.900. The van der Waals surface area contributed by atoms with Crippen LogP contribution < -0.4 is 5.32 Å². The zero-order valence-corrected chi connectivity index (χ0v) is 9.67. The molecular formula is C10H22N2O2. The van der Waals surface area contributed by atoms with Gasteiger partial charge >= 0.3 is 0 Å². The Morgan fingerprint density at radius 2 is 2.21 bits per heavy atom. The molecule has 0 rings (SSSR count). The van der Waals surface area contributed by atoms with Crippen LogP contribution in [0, 0.1) is 0 Å². The molecule has 1 N–H and O–H groups in total. The molecule has 4 nitrogen and oxygen atoms in total. The molecule has 0 aliphatic heterocycles. The quantitative estimate of drug-likeness (QED) is 0.653. The molecule has 0 aliphatic carbocycles. The van der Waals surface area contributed by atoms with E-state index in [0.717, 1.165) is 6.42 Å². The number of methoxy groups -OCH3 is 1. The molecule has 0 fully saturated rings. The van der Waals surface area contributed by atoms with Crippen LogP contribution in [0.4, 0.5) is 0 Å². The van der Waals surface area contributed by atoms with E-state index in [2.05, 4.69) is 19.2 Å². The summed E-state index contributed by atoms with van der Waals surface area (Å²) in [4.78, 5) is 13.2. The summed E-state index contributed by atoms with van der Waals surface area (Å²) in [5.74, 6) is 0.113. The first-order valence-corrected chi connectivity index (χ1v) is 5.08. The minimum absolute atomic E-state index is 0.113. The number of rotatable bonds is 7. The lowest BCUT2D eigenvalue weighted by Gasteiger charge is -2.18. The van der Waals surface area contributed by atoms with E-state index in [1.54, 1.807) is 19.1 Å². The van der Waals surface area contributed by atoms with Crippen LogP contribution >= 0.6 is 0 Å². The topological polar surface area (TPSA) is 41.6 Å². The van der Waals surface area contributed by atoms with E-state index < -0.39 is 0 Å². The Morgan fingerprint density at radius 3 is 2.71 bits per heavy atom. The van der Waals surface area contributed by atoms with Gasteiger partial charge in [0.2, 0.25) is 5.91 Å². The van der Waals surface area contributed by atoms with E-state index in [1.807, 2.05) is 0 Å². The molecule has 0 spiro atoms. The molecule has 0 aromatic heterocycles. The van der Waals surface area contributed by atoms with Crippen LogP contribution in [0.25, 0.3) is 0 Å². The molecule has 0 bridgehead atoms. The van der Waals surface area contributed by atoms with Crippen molar-refractivity contribution in [3.8, 4) is 0 Å². The Labute approximate surface area is 86.6 Å². The lowest BCUT2D eigenvalue weighted by Crippen LogP contribution is -2.40. The van der Waals surface area contributed by atoms with Crippen molar-refractivity contribution in [3.05, 3.63) is 0 Å². The number of nitrogens with zero attached hydrogens (tertiary/aromatic N) is 1. The van der Waals surface area contributed by atoms with Crippen molar-refractivity contribution in [1.82, 2.24) is 10.2 Å². The maximum Gasteiger partial charge on any atom is 0.236 e. The van der Waals surface area contributed by atoms with Crippen LogP contribution in [-0.2, 0) is 9.53 Å². The maximum atomic E-state index is 11.5. The number of amides is 1. The summed E-state index contributed by atoms with van der Waals surface area (Å²) < 4.78 is 4.90. The molecule has 0 aromatic rings. The van der Waals surface area contributed by atoms with Crippen LogP contribution in [0.5, 0.6) is 0 Å². The fourth-order valence-corrected chi connectivity index (χ4v) is 0.894. The highest BCUT2D eigenvalue weighted by Crippen LogP contribution is 1.89. The molecule has 1 amide bonds. The largest absolute Gasteiger partial charge is 0.383 e. The zero-order valence-electron chi connectivity index (χ0n) is 9.67. The van der Waals surface area contributed by atoms with Crippen LogP contribution in [0.15, 0.2) is 0 Å². The van der Waals surface area contributed by atoms with Crippen molar-refractivity contribution in [2.75, 3.05) is 33.9 Å². The average molecular weight is 202 g/mol. The normalized spacial score (nSPS) is 12.6. The second kappa shape index (κ2) is 7.76. The van der Waals surface area contributed by atoms with Crippen molar-refractivity contribution in [2.24, 2.45) is 0 Å². The summed E-state index contributed by atoms with van der Waals surface area (Å²) >= 11 is 0. The standard InChI is InChI=1S/C10H22N2O2/c1-5-9(2)11-8-10(13)12(3)6-7-14-4/h9,11H,5-8H2,1-4H3. The van der Waals surface area contributed by atoms with Gasteiger partial charge in [0.05, 0.1) is 13.2 Å². The highest BCUT2D eigenvalue weighted by atomic mass is 16.5. The molecule has 1 unspecified atom stereocenters. The molecule has 1 atom stereocenters. The van der Waals surface area contributed by atoms with Gasteiger partial charge in [-0.1, -0.05) is 6.92 Å². The van der Waals surface area contributed by atoms with Gasteiger partial charge in [-0.05, 0) is 13.3 Å². The Kier molecular flexibility index (Phi) is 7.42. The molecule has 0 aliphatic rings. The first-order valence-electron chi connectivity index (χ1n) is 5.08. The first kappa shape index (κ1) is 13.4. The summed E-state index contributed by atoms with van der Waals surface area (Å²) in [5, 5.41) is 3.16. The minimum atomic E-state index is 0.113. The first-order chi connectivity index (χ1) is 6.61. The van der Waals surface area contributed by atoms with Crippen LogP contribution in [0.3, 0.4) is 0 Å². The van der Waals surface area contributed by atoms with Gasteiger partial charge in [-0.2, -0.15) is 0 Å². The van der Waals surface area contributed by atoms with Gasteiger partial charge in [0.1, 0.15) is 0 Å². The van der Waals surface area contributed by atoms with Crippen molar-refractivity contribution in [1.29, 1.82) is 0 Å². The third-order valence-electron chi connectivity index (χ3n) is 2.27. The summed E-state index contributed by atoms with van der Waals surface area (Å²) in [6.07, 6.45) is 1.04. The summed E-state index contributed by atoms with van der Waals surface area (Å²) in [7, 11) is 3.43. The number of likely N-dealkylation sites (N-methyl/N-ethyl adjacent to an activating group) is 1. The van der Waals surface area contributed by atoms with E-state index in [-0.39, 0.29) is 5.91 Å². The molecule has 84 valence electrons. The second-order valence-electron chi connectivity index (χ2n) is 3.50. The highest BCUT2D eigenvalue weighted by molar-refractivity contribution is 5.77. The van der Waals surface area contributed by atoms with Crippen molar-refractivity contribution in [3.63, 3.8) is 0 Å². The lowest BCUT2D eigenvalue weighted by molar-refractivity contribution is -0.129. The van der Waals surface area contributed by atoms with Gasteiger partial charge in [-0.25, -0.2) is 0 Å². The summed E-state index contributed by atoms with van der Waals surface area (Å²) in [6, 6.07) is 0.398. The molecular weight excluding hydrogens is 180 g/mol. The van der Waals surface area contributed by atoms with E-state index in [0.29, 0.717) is 25.7 Å². The molecule has 4 heteroatoms. The third kappa shape index (κ3) is 5.94. The number of carbonyl (C=O) groups excluding carboxylic acids is 1.